The van der Waals surface area contributed by atoms with Crippen molar-refractivity contribution in [3.05, 3.63) is 195 Å². The molecule has 0 aliphatic carbocycles. The molecule has 0 spiro atoms. The van der Waals surface area contributed by atoms with Gasteiger partial charge in [-0.2, -0.15) is 0 Å². The predicted octanol–water partition coefficient (Wildman–Crippen LogP) is 12.5. The van der Waals surface area contributed by atoms with Crippen LogP contribution in [0.5, 0.6) is 0 Å². The first kappa shape index (κ1) is 30.6. The highest BCUT2D eigenvalue weighted by atomic mass is 15.0. The largest absolute Gasteiger partial charge is 0.309 e. The average molecular weight is 677 g/mol. The first-order valence-corrected chi connectivity index (χ1v) is 17.8. The van der Waals surface area contributed by atoms with Gasteiger partial charge >= 0.3 is 0 Å². The number of fused-ring (bicyclic) bond motifs is 4. The standard InChI is InChI=1S/C49H32N4/c1-2-11-40(12-3-1)53-48-25-24-38(29-43(48)44-32-50-28-26-49(44)53)33-16-20-36(21-17-33)46-30-39(45-15-6-7-27-51-45)31-47(52-46)37-22-18-35(19-23-37)42-14-8-10-34-9-4-5-13-41(34)42/h1-32H. The summed E-state index contributed by atoms with van der Waals surface area (Å²) >= 11 is 0. The van der Waals surface area contributed by atoms with Crippen LogP contribution in [0.3, 0.4) is 0 Å². The minimum absolute atomic E-state index is 0.903. The van der Waals surface area contributed by atoms with Crippen molar-refractivity contribution in [2.45, 2.75) is 0 Å². The molecule has 0 unspecified atom stereocenters. The Morgan fingerprint density at radius 1 is 0.377 bits per heavy atom. The van der Waals surface area contributed by atoms with Gasteiger partial charge in [0.15, 0.2) is 0 Å². The fourth-order valence-electron chi connectivity index (χ4n) is 7.54. The molecule has 10 aromatic rings. The molecule has 4 aromatic heterocycles. The summed E-state index contributed by atoms with van der Waals surface area (Å²) in [5.41, 5.74) is 14.0. The molecular weight excluding hydrogens is 645 g/mol. The van der Waals surface area contributed by atoms with E-state index in [4.69, 9.17) is 4.98 Å². The van der Waals surface area contributed by atoms with Gasteiger partial charge in [-0.25, -0.2) is 4.98 Å². The quantitative estimate of drug-likeness (QED) is 0.176. The van der Waals surface area contributed by atoms with E-state index in [0.717, 1.165) is 67.0 Å². The van der Waals surface area contributed by atoms with Crippen molar-refractivity contribution in [3.63, 3.8) is 0 Å². The Balaban J connectivity index is 1.02. The van der Waals surface area contributed by atoms with Crippen molar-refractivity contribution >= 4 is 32.6 Å². The highest BCUT2D eigenvalue weighted by Gasteiger charge is 2.15. The Kier molecular flexibility index (Phi) is 7.43. The average Bonchev–Trinajstić information content (AvgIpc) is 3.58. The van der Waals surface area contributed by atoms with E-state index in [9.17, 15) is 0 Å². The first-order valence-electron chi connectivity index (χ1n) is 17.8. The van der Waals surface area contributed by atoms with Gasteiger partial charge in [0.2, 0.25) is 0 Å². The molecule has 0 fully saturated rings. The molecule has 10 rings (SSSR count). The number of nitrogens with zero attached hydrogens (tertiary/aromatic N) is 4. The zero-order valence-electron chi connectivity index (χ0n) is 28.8. The van der Waals surface area contributed by atoms with Crippen LogP contribution in [0.4, 0.5) is 0 Å². The van der Waals surface area contributed by atoms with E-state index in [-0.39, 0.29) is 0 Å². The van der Waals surface area contributed by atoms with Crippen LogP contribution in [0.2, 0.25) is 0 Å². The van der Waals surface area contributed by atoms with Gasteiger partial charge in [0.25, 0.3) is 0 Å². The van der Waals surface area contributed by atoms with Gasteiger partial charge in [0.1, 0.15) is 0 Å². The van der Waals surface area contributed by atoms with Crippen LogP contribution in [0.15, 0.2) is 195 Å². The summed E-state index contributed by atoms with van der Waals surface area (Å²) in [5, 5.41) is 4.81. The second kappa shape index (κ2) is 12.9. The SMILES string of the molecule is c1ccc(-n2c3ccncc3c3cc(-c4ccc(-c5cc(-c6ccccn6)cc(-c6ccc(-c7cccc8ccccc78)cc6)n5)cc4)ccc32)cc1. The van der Waals surface area contributed by atoms with Crippen LogP contribution in [0.25, 0.3) is 94.3 Å². The molecule has 248 valence electrons. The van der Waals surface area contributed by atoms with Crippen molar-refractivity contribution in [1.29, 1.82) is 0 Å². The van der Waals surface area contributed by atoms with Crippen molar-refractivity contribution in [2.24, 2.45) is 0 Å². The molecule has 6 aromatic carbocycles. The zero-order valence-corrected chi connectivity index (χ0v) is 28.8. The monoisotopic (exact) mass is 676 g/mol. The van der Waals surface area contributed by atoms with Gasteiger partial charge in [0, 0.05) is 51.7 Å². The number of rotatable bonds is 6. The van der Waals surface area contributed by atoms with Crippen LogP contribution in [-0.4, -0.2) is 19.5 Å². The van der Waals surface area contributed by atoms with Gasteiger partial charge in [-0.3, -0.25) is 9.97 Å². The van der Waals surface area contributed by atoms with Gasteiger partial charge in [-0.05, 0) is 87.6 Å². The number of pyridine rings is 3. The highest BCUT2D eigenvalue weighted by Crippen LogP contribution is 2.36. The maximum Gasteiger partial charge on any atom is 0.0716 e. The van der Waals surface area contributed by atoms with Gasteiger partial charge in [0.05, 0.1) is 28.1 Å². The summed E-state index contributed by atoms with van der Waals surface area (Å²) in [6, 6.07) is 62.1. The third kappa shape index (κ3) is 5.54. The third-order valence-corrected chi connectivity index (χ3v) is 10.2. The molecule has 0 saturated carbocycles. The van der Waals surface area contributed by atoms with Crippen molar-refractivity contribution < 1.29 is 0 Å². The lowest BCUT2D eigenvalue weighted by Crippen LogP contribution is -1.93. The van der Waals surface area contributed by atoms with Crippen LogP contribution in [-0.2, 0) is 0 Å². The van der Waals surface area contributed by atoms with Gasteiger partial charge < -0.3 is 4.57 Å². The van der Waals surface area contributed by atoms with E-state index in [1.807, 2.05) is 30.7 Å². The van der Waals surface area contributed by atoms with Crippen LogP contribution in [0, 0.1) is 0 Å². The molecule has 0 atom stereocenters. The molecule has 0 amide bonds. The van der Waals surface area contributed by atoms with Crippen molar-refractivity contribution in [3.8, 4) is 61.7 Å². The fraction of sp³-hybridized carbons (Fsp3) is 0. The molecule has 0 aliphatic heterocycles. The summed E-state index contributed by atoms with van der Waals surface area (Å²) < 4.78 is 2.31. The van der Waals surface area contributed by atoms with E-state index >= 15 is 0 Å². The van der Waals surface area contributed by atoms with Crippen LogP contribution >= 0.6 is 0 Å². The summed E-state index contributed by atoms with van der Waals surface area (Å²) in [6.45, 7) is 0. The highest BCUT2D eigenvalue weighted by molar-refractivity contribution is 6.10. The van der Waals surface area contributed by atoms with E-state index < -0.39 is 0 Å². The van der Waals surface area contributed by atoms with Crippen LogP contribution in [0.1, 0.15) is 0 Å². The smallest absolute Gasteiger partial charge is 0.0716 e. The molecule has 0 bridgehead atoms. The third-order valence-electron chi connectivity index (χ3n) is 10.2. The molecule has 0 saturated heterocycles. The number of hydrogen-bond donors (Lipinski definition) is 0. The lowest BCUT2D eigenvalue weighted by Gasteiger charge is -2.12. The minimum Gasteiger partial charge on any atom is -0.309 e. The molecule has 4 heteroatoms. The normalized spacial score (nSPS) is 11.4. The number of hydrogen-bond acceptors (Lipinski definition) is 3. The predicted molar refractivity (Wildman–Crippen MR) is 219 cm³/mol. The lowest BCUT2D eigenvalue weighted by atomic mass is 9.96. The van der Waals surface area contributed by atoms with E-state index in [1.165, 1.54) is 27.3 Å². The van der Waals surface area contributed by atoms with Crippen molar-refractivity contribution in [1.82, 2.24) is 19.5 Å². The molecule has 0 N–H and O–H groups in total. The van der Waals surface area contributed by atoms with E-state index in [1.54, 1.807) is 0 Å². The van der Waals surface area contributed by atoms with E-state index in [2.05, 4.69) is 178 Å². The molecular formula is C49H32N4. The molecule has 53 heavy (non-hydrogen) atoms. The second-order valence-electron chi connectivity index (χ2n) is 13.3. The molecule has 4 nitrogen and oxygen atoms in total. The Morgan fingerprint density at radius 3 is 1.81 bits per heavy atom. The Morgan fingerprint density at radius 2 is 1.04 bits per heavy atom. The number of aromatic nitrogens is 4. The summed E-state index contributed by atoms with van der Waals surface area (Å²) in [6.07, 6.45) is 5.68. The lowest BCUT2D eigenvalue weighted by molar-refractivity contribution is 1.17. The number of para-hydroxylation sites is 1. The maximum absolute atomic E-state index is 5.22. The first-order chi connectivity index (χ1) is 26.3. The topological polar surface area (TPSA) is 43.6 Å². The Labute approximate surface area is 307 Å². The maximum atomic E-state index is 5.22. The second-order valence-corrected chi connectivity index (χ2v) is 13.3. The molecule has 0 aliphatic rings. The zero-order chi connectivity index (χ0) is 35.1. The minimum atomic E-state index is 0.903. The van der Waals surface area contributed by atoms with E-state index in [0.29, 0.717) is 0 Å². The molecule has 0 radical (unpaired) electrons. The van der Waals surface area contributed by atoms with Gasteiger partial charge in [-0.15, -0.1) is 0 Å². The summed E-state index contributed by atoms with van der Waals surface area (Å²) in [7, 11) is 0. The van der Waals surface area contributed by atoms with Gasteiger partial charge in [-0.1, -0.05) is 121 Å². The Bertz CT molecular complexity index is 2910. The molecule has 4 heterocycles. The van der Waals surface area contributed by atoms with Crippen LogP contribution < -0.4 is 0 Å². The number of benzene rings is 6. The summed E-state index contributed by atoms with van der Waals surface area (Å²) in [5.74, 6) is 0. The Hall–Kier alpha value is -7.17. The fourth-order valence-corrected chi connectivity index (χ4v) is 7.54. The summed E-state index contributed by atoms with van der Waals surface area (Å²) in [4.78, 5) is 14.4. The van der Waals surface area contributed by atoms with Crippen molar-refractivity contribution in [2.75, 3.05) is 0 Å².